The first kappa shape index (κ1) is 14.6. The fourth-order valence-electron chi connectivity index (χ4n) is 1.89. The van der Waals surface area contributed by atoms with E-state index < -0.39 is 8.07 Å². The molecule has 0 fully saturated rings. The second-order valence-corrected chi connectivity index (χ2v) is 11.7. The van der Waals surface area contributed by atoms with Crippen molar-refractivity contribution in [1.82, 2.24) is 9.55 Å². The maximum Gasteiger partial charge on any atom is 0.143 e. The molecule has 20 heavy (non-hydrogen) atoms. The van der Waals surface area contributed by atoms with Crippen molar-refractivity contribution in [3.05, 3.63) is 24.0 Å². The maximum atomic E-state index is 8.94. The number of ether oxygens (including phenoxy) is 1. The van der Waals surface area contributed by atoms with E-state index in [2.05, 4.69) is 24.6 Å². The first-order valence-corrected chi connectivity index (χ1v) is 10.3. The van der Waals surface area contributed by atoms with Crippen LogP contribution >= 0.6 is 0 Å². The average molecular weight is 288 g/mol. The van der Waals surface area contributed by atoms with Gasteiger partial charge in [0.15, 0.2) is 0 Å². The van der Waals surface area contributed by atoms with Crippen LogP contribution in [-0.4, -0.2) is 24.2 Å². The average Bonchev–Trinajstić information content (AvgIpc) is 2.78. The summed E-state index contributed by atoms with van der Waals surface area (Å²) in [4.78, 5) is 4.29. The molecule has 0 radical (unpaired) electrons. The number of nitriles is 1. The van der Waals surface area contributed by atoms with Crippen LogP contribution < -0.4 is 5.73 Å². The zero-order valence-corrected chi connectivity index (χ0v) is 13.2. The van der Waals surface area contributed by atoms with Gasteiger partial charge in [-0.15, -0.1) is 0 Å². The minimum atomic E-state index is -1.06. The van der Waals surface area contributed by atoms with Crippen LogP contribution in [0.4, 0.5) is 5.69 Å². The Balaban J connectivity index is 2.09. The van der Waals surface area contributed by atoms with Crippen molar-refractivity contribution >= 4 is 24.8 Å². The number of hydrogen-bond donors (Lipinski definition) is 1. The molecule has 0 saturated carbocycles. The molecule has 2 heterocycles. The van der Waals surface area contributed by atoms with Crippen LogP contribution in [0, 0.1) is 11.3 Å². The van der Waals surface area contributed by atoms with E-state index in [1.807, 2.05) is 22.9 Å². The van der Waals surface area contributed by atoms with E-state index in [0.717, 1.165) is 23.7 Å². The standard InChI is InChI=1S/C14H20N4OSi/c1-20(2,3)7-6-19-10-18-5-4-12-13(16)11(8-15)9-17-14(12)18/h4-5,9H,6-7,10H2,1-3H3,(H2,16,17). The van der Waals surface area contributed by atoms with E-state index in [1.165, 1.54) is 6.20 Å². The summed E-state index contributed by atoms with van der Waals surface area (Å²) in [5.74, 6) is 0. The van der Waals surface area contributed by atoms with Gasteiger partial charge in [0.05, 0.1) is 11.3 Å². The summed E-state index contributed by atoms with van der Waals surface area (Å²) in [5.41, 5.74) is 7.60. The Hall–Kier alpha value is -1.84. The van der Waals surface area contributed by atoms with Crippen molar-refractivity contribution in [1.29, 1.82) is 5.26 Å². The van der Waals surface area contributed by atoms with E-state index >= 15 is 0 Å². The van der Waals surface area contributed by atoms with Gasteiger partial charge >= 0.3 is 0 Å². The Labute approximate surface area is 120 Å². The van der Waals surface area contributed by atoms with Crippen LogP contribution in [-0.2, 0) is 11.5 Å². The van der Waals surface area contributed by atoms with Gasteiger partial charge in [-0.05, 0) is 12.1 Å². The number of rotatable bonds is 5. The van der Waals surface area contributed by atoms with Crippen molar-refractivity contribution in [2.24, 2.45) is 0 Å². The Kier molecular flexibility index (Phi) is 4.11. The lowest BCUT2D eigenvalue weighted by Gasteiger charge is -2.15. The molecule has 0 aliphatic carbocycles. The summed E-state index contributed by atoms with van der Waals surface area (Å²) < 4.78 is 7.62. The summed E-state index contributed by atoms with van der Waals surface area (Å²) in [6.45, 7) is 8.21. The predicted molar refractivity (Wildman–Crippen MR) is 83.0 cm³/mol. The minimum absolute atomic E-state index is 0.412. The highest BCUT2D eigenvalue weighted by molar-refractivity contribution is 6.76. The molecule has 0 spiro atoms. The fraction of sp³-hybridized carbons (Fsp3) is 0.429. The van der Waals surface area contributed by atoms with Gasteiger partial charge in [-0.3, -0.25) is 0 Å². The molecule has 0 aromatic carbocycles. The molecule has 106 valence electrons. The molecule has 2 N–H and O–H groups in total. The lowest BCUT2D eigenvalue weighted by molar-refractivity contribution is 0.0899. The number of hydrogen-bond acceptors (Lipinski definition) is 4. The van der Waals surface area contributed by atoms with Crippen LogP contribution in [0.15, 0.2) is 18.5 Å². The first-order chi connectivity index (χ1) is 9.42. The Morgan fingerprint density at radius 3 is 2.85 bits per heavy atom. The molecular formula is C14H20N4OSi. The zero-order valence-electron chi connectivity index (χ0n) is 12.2. The Morgan fingerprint density at radius 2 is 2.20 bits per heavy atom. The summed E-state index contributed by atoms with van der Waals surface area (Å²) in [6, 6.07) is 5.06. The molecule has 0 aliphatic rings. The molecule has 0 amide bonds. The number of fused-ring (bicyclic) bond motifs is 1. The van der Waals surface area contributed by atoms with Crippen LogP contribution in [0.25, 0.3) is 11.0 Å². The van der Waals surface area contributed by atoms with Gasteiger partial charge in [-0.1, -0.05) is 19.6 Å². The van der Waals surface area contributed by atoms with Crippen molar-refractivity contribution in [3.8, 4) is 6.07 Å². The Morgan fingerprint density at radius 1 is 1.45 bits per heavy atom. The monoisotopic (exact) mass is 288 g/mol. The summed E-state index contributed by atoms with van der Waals surface area (Å²) in [7, 11) is -1.06. The summed E-state index contributed by atoms with van der Waals surface area (Å²) in [5, 5.41) is 9.74. The van der Waals surface area contributed by atoms with Crippen molar-refractivity contribution in [2.75, 3.05) is 12.3 Å². The Bertz CT molecular complexity index is 651. The number of nitrogen functional groups attached to an aromatic ring is 1. The van der Waals surface area contributed by atoms with Crippen molar-refractivity contribution in [2.45, 2.75) is 32.4 Å². The molecule has 6 heteroatoms. The van der Waals surface area contributed by atoms with Gasteiger partial charge in [0.1, 0.15) is 18.4 Å². The second kappa shape index (κ2) is 5.65. The van der Waals surface area contributed by atoms with Crippen molar-refractivity contribution < 1.29 is 4.74 Å². The predicted octanol–water partition coefficient (Wildman–Crippen LogP) is 2.80. The zero-order chi connectivity index (χ0) is 14.8. The van der Waals surface area contributed by atoms with E-state index in [0.29, 0.717) is 18.0 Å². The van der Waals surface area contributed by atoms with E-state index in [4.69, 9.17) is 15.7 Å². The third kappa shape index (κ3) is 3.18. The van der Waals surface area contributed by atoms with Gasteiger partial charge < -0.3 is 15.0 Å². The molecule has 0 bridgehead atoms. The van der Waals surface area contributed by atoms with E-state index in [1.54, 1.807) is 0 Å². The molecule has 2 rings (SSSR count). The SMILES string of the molecule is C[Si](C)(C)CCOCn1ccc2c(N)c(C#N)cnc21. The van der Waals surface area contributed by atoms with E-state index in [-0.39, 0.29) is 0 Å². The third-order valence-electron chi connectivity index (χ3n) is 3.18. The number of nitrogens with two attached hydrogens (primary N) is 1. The number of nitrogens with zero attached hydrogens (tertiary/aromatic N) is 3. The quantitative estimate of drug-likeness (QED) is 0.678. The highest BCUT2D eigenvalue weighted by Crippen LogP contribution is 2.23. The summed E-state index contributed by atoms with van der Waals surface area (Å²) >= 11 is 0. The highest BCUT2D eigenvalue weighted by atomic mass is 28.3. The van der Waals surface area contributed by atoms with E-state index in [9.17, 15) is 0 Å². The number of anilines is 1. The number of pyridine rings is 1. The van der Waals surface area contributed by atoms with Gasteiger partial charge in [0.25, 0.3) is 0 Å². The van der Waals surface area contributed by atoms with Gasteiger partial charge in [-0.25, -0.2) is 4.98 Å². The molecule has 0 aliphatic heterocycles. The molecule has 0 unspecified atom stereocenters. The molecule has 2 aromatic rings. The van der Waals surface area contributed by atoms with Gasteiger partial charge in [0, 0.05) is 32.5 Å². The largest absolute Gasteiger partial charge is 0.397 e. The third-order valence-corrected chi connectivity index (χ3v) is 4.88. The van der Waals surface area contributed by atoms with Crippen LogP contribution in [0.3, 0.4) is 0 Å². The lowest BCUT2D eigenvalue weighted by atomic mass is 10.2. The highest BCUT2D eigenvalue weighted by Gasteiger charge is 2.13. The van der Waals surface area contributed by atoms with Gasteiger partial charge in [-0.2, -0.15) is 5.26 Å². The molecule has 2 aromatic heterocycles. The van der Waals surface area contributed by atoms with Gasteiger partial charge in [0.2, 0.25) is 0 Å². The molecule has 0 saturated heterocycles. The maximum absolute atomic E-state index is 8.94. The molecule has 0 atom stereocenters. The summed E-state index contributed by atoms with van der Waals surface area (Å²) in [6.07, 6.45) is 3.40. The smallest absolute Gasteiger partial charge is 0.143 e. The molecular weight excluding hydrogens is 268 g/mol. The fourth-order valence-corrected chi connectivity index (χ4v) is 2.65. The topological polar surface area (TPSA) is 76.9 Å². The van der Waals surface area contributed by atoms with Crippen LogP contribution in [0.1, 0.15) is 5.56 Å². The lowest BCUT2D eigenvalue weighted by Crippen LogP contribution is -2.22. The normalized spacial score (nSPS) is 11.7. The minimum Gasteiger partial charge on any atom is -0.397 e. The second-order valence-electron chi connectivity index (χ2n) is 6.07. The number of aromatic nitrogens is 2. The van der Waals surface area contributed by atoms with Crippen molar-refractivity contribution in [3.63, 3.8) is 0 Å². The first-order valence-electron chi connectivity index (χ1n) is 6.63. The molecule has 5 nitrogen and oxygen atoms in total. The van der Waals surface area contributed by atoms with Crippen LogP contribution in [0.5, 0.6) is 0 Å². The van der Waals surface area contributed by atoms with Crippen LogP contribution in [0.2, 0.25) is 25.7 Å².